The number of carboxylic acids is 1. The van der Waals surface area contributed by atoms with E-state index in [0.29, 0.717) is 0 Å². The number of aromatic carboxylic acids is 1. The smallest absolute Gasteiger partial charge is 0.355 e. The summed E-state index contributed by atoms with van der Waals surface area (Å²) in [5.74, 6) is -0.991. The van der Waals surface area contributed by atoms with E-state index in [1.165, 1.54) is 22.5 Å². The third-order valence-corrected chi connectivity index (χ3v) is 4.77. The lowest BCUT2D eigenvalue weighted by Gasteiger charge is -2.17. The van der Waals surface area contributed by atoms with E-state index in [0.717, 1.165) is 30.1 Å². The predicted octanol–water partition coefficient (Wildman–Crippen LogP) is 3.58. The number of pyridine rings is 1. The maximum atomic E-state index is 11.0. The molecule has 0 saturated carbocycles. The van der Waals surface area contributed by atoms with Gasteiger partial charge in [0.25, 0.3) is 0 Å². The quantitative estimate of drug-likeness (QED) is 0.703. The van der Waals surface area contributed by atoms with Crippen molar-refractivity contribution in [1.29, 1.82) is 0 Å². The molecule has 3 rings (SSSR count). The van der Waals surface area contributed by atoms with Crippen LogP contribution < -0.4 is 0 Å². The van der Waals surface area contributed by atoms with Crippen LogP contribution in [0.1, 0.15) is 21.6 Å². The van der Waals surface area contributed by atoms with Gasteiger partial charge in [0.15, 0.2) is 5.69 Å². The second kappa shape index (κ2) is 8.00. The highest BCUT2D eigenvalue weighted by Gasteiger charge is 2.11. The number of hydrogen-bond acceptors (Lipinski definition) is 5. The predicted molar refractivity (Wildman–Crippen MR) is 98.8 cm³/mol. The average molecular weight is 353 g/mol. The molecule has 0 saturated heterocycles. The Bertz CT molecular complexity index is 849. The molecule has 0 aliphatic carbocycles. The van der Waals surface area contributed by atoms with Crippen LogP contribution in [-0.2, 0) is 13.0 Å². The molecule has 3 aromatic rings. The zero-order chi connectivity index (χ0) is 17.6. The van der Waals surface area contributed by atoms with E-state index < -0.39 is 5.97 Å². The Labute approximate surface area is 150 Å². The van der Waals surface area contributed by atoms with E-state index >= 15 is 0 Å². The summed E-state index contributed by atoms with van der Waals surface area (Å²) in [5, 5.41) is 11.3. The summed E-state index contributed by atoms with van der Waals surface area (Å²) in [4.78, 5) is 21.5. The van der Waals surface area contributed by atoms with Crippen LogP contribution in [0.15, 0.2) is 54.2 Å². The maximum absolute atomic E-state index is 11.0. The minimum absolute atomic E-state index is 0.0971. The number of rotatable bonds is 7. The van der Waals surface area contributed by atoms with Gasteiger partial charge in [-0.05, 0) is 42.8 Å². The fraction of sp³-hybridized carbons (Fsp3) is 0.211. The van der Waals surface area contributed by atoms with Crippen LogP contribution in [0.5, 0.6) is 0 Å². The zero-order valence-electron chi connectivity index (χ0n) is 13.9. The summed E-state index contributed by atoms with van der Waals surface area (Å²) in [6.45, 7) is 1.78. The molecule has 5 nitrogen and oxygen atoms in total. The highest BCUT2D eigenvalue weighted by Crippen LogP contribution is 2.25. The molecule has 6 heteroatoms. The van der Waals surface area contributed by atoms with Crippen molar-refractivity contribution in [3.63, 3.8) is 0 Å². The Morgan fingerprint density at radius 1 is 1.20 bits per heavy atom. The molecule has 0 bridgehead atoms. The Balaban J connectivity index is 1.63. The topological polar surface area (TPSA) is 66.3 Å². The minimum Gasteiger partial charge on any atom is -0.476 e. The summed E-state index contributed by atoms with van der Waals surface area (Å²) in [6.07, 6.45) is 4.61. The second-order valence-corrected chi connectivity index (χ2v) is 6.74. The molecule has 0 radical (unpaired) electrons. The third-order valence-electron chi connectivity index (χ3n) is 3.88. The van der Waals surface area contributed by atoms with Crippen molar-refractivity contribution in [1.82, 2.24) is 14.9 Å². The molecule has 0 spiro atoms. The fourth-order valence-corrected chi connectivity index (χ4v) is 3.36. The van der Waals surface area contributed by atoms with Crippen LogP contribution >= 0.6 is 11.3 Å². The molecule has 0 aliphatic heterocycles. The summed E-state index contributed by atoms with van der Waals surface area (Å²) in [5.41, 5.74) is 3.51. The van der Waals surface area contributed by atoms with Gasteiger partial charge in [0.2, 0.25) is 0 Å². The monoisotopic (exact) mass is 353 g/mol. The van der Waals surface area contributed by atoms with Crippen LogP contribution in [-0.4, -0.2) is 39.5 Å². The van der Waals surface area contributed by atoms with E-state index in [1.807, 2.05) is 36.7 Å². The number of likely N-dealkylation sites (N-methyl/N-ethyl adjacent to an activating group) is 1. The summed E-state index contributed by atoms with van der Waals surface area (Å²) in [6, 6.07) is 12.2. The Hall–Kier alpha value is -2.57. The Morgan fingerprint density at radius 3 is 2.72 bits per heavy atom. The van der Waals surface area contributed by atoms with Crippen molar-refractivity contribution in [3.8, 4) is 10.6 Å². The summed E-state index contributed by atoms with van der Waals surface area (Å²) in [7, 11) is 2.10. The molecule has 2 aromatic heterocycles. The van der Waals surface area contributed by atoms with Gasteiger partial charge in [0.1, 0.15) is 5.01 Å². The molecule has 0 atom stereocenters. The third kappa shape index (κ3) is 4.71. The maximum Gasteiger partial charge on any atom is 0.355 e. The highest BCUT2D eigenvalue weighted by atomic mass is 32.1. The van der Waals surface area contributed by atoms with Crippen LogP contribution in [0.25, 0.3) is 10.6 Å². The van der Waals surface area contributed by atoms with Gasteiger partial charge >= 0.3 is 5.97 Å². The highest BCUT2D eigenvalue weighted by molar-refractivity contribution is 7.13. The Kier molecular flexibility index (Phi) is 5.53. The molecule has 0 unspecified atom stereocenters. The number of benzene rings is 1. The number of hydrogen-bond donors (Lipinski definition) is 1. The largest absolute Gasteiger partial charge is 0.476 e. The molecule has 0 amide bonds. The Morgan fingerprint density at radius 2 is 2.00 bits per heavy atom. The lowest BCUT2D eigenvalue weighted by Crippen LogP contribution is -2.20. The molecule has 0 fully saturated rings. The summed E-state index contributed by atoms with van der Waals surface area (Å²) < 4.78 is 0. The molecule has 128 valence electrons. The van der Waals surface area contributed by atoms with Crippen molar-refractivity contribution in [2.75, 3.05) is 13.6 Å². The number of nitrogens with zero attached hydrogens (tertiary/aromatic N) is 3. The minimum atomic E-state index is -0.991. The average Bonchev–Trinajstić information content (AvgIpc) is 3.12. The first-order valence-corrected chi connectivity index (χ1v) is 8.85. The van der Waals surface area contributed by atoms with Gasteiger partial charge in [-0.1, -0.05) is 18.2 Å². The van der Waals surface area contributed by atoms with E-state index in [2.05, 4.69) is 34.0 Å². The molecule has 25 heavy (non-hydrogen) atoms. The van der Waals surface area contributed by atoms with Gasteiger partial charge in [-0.25, -0.2) is 9.78 Å². The van der Waals surface area contributed by atoms with Crippen molar-refractivity contribution < 1.29 is 9.90 Å². The van der Waals surface area contributed by atoms with E-state index in [1.54, 1.807) is 5.38 Å². The lowest BCUT2D eigenvalue weighted by atomic mass is 10.1. The standard InChI is InChI=1S/C19H19N3O2S/c1-22(10-7-14-5-8-20-9-6-14)12-15-3-2-4-16(11-15)18-21-17(13-25-18)19(23)24/h2-6,8-9,11,13H,7,10,12H2,1H3,(H,23,24). The fourth-order valence-electron chi connectivity index (χ4n) is 2.57. The number of thiazole rings is 1. The first-order valence-electron chi connectivity index (χ1n) is 7.97. The molecule has 1 aromatic carbocycles. The van der Waals surface area contributed by atoms with E-state index in [-0.39, 0.29) is 5.69 Å². The first-order chi connectivity index (χ1) is 12.1. The number of carboxylic acid groups (broad SMARTS) is 1. The number of carbonyl (C=O) groups is 1. The zero-order valence-corrected chi connectivity index (χ0v) is 14.7. The molecular formula is C19H19N3O2S. The normalized spacial score (nSPS) is 11.0. The lowest BCUT2D eigenvalue weighted by molar-refractivity contribution is 0.0691. The first kappa shape index (κ1) is 17.3. The molecule has 0 aliphatic rings. The van der Waals surface area contributed by atoms with Gasteiger partial charge in [0.05, 0.1) is 0 Å². The van der Waals surface area contributed by atoms with Crippen LogP contribution in [0, 0.1) is 0 Å². The molecule has 1 N–H and O–H groups in total. The van der Waals surface area contributed by atoms with Crippen molar-refractivity contribution >= 4 is 17.3 Å². The van der Waals surface area contributed by atoms with Gasteiger partial charge in [-0.15, -0.1) is 11.3 Å². The van der Waals surface area contributed by atoms with Gasteiger partial charge in [-0.2, -0.15) is 0 Å². The van der Waals surface area contributed by atoms with Crippen LogP contribution in [0.2, 0.25) is 0 Å². The second-order valence-electron chi connectivity index (χ2n) is 5.89. The van der Waals surface area contributed by atoms with Crippen LogP contribution in [0.4, 0.5) is 0 Å². The van der Waals surface area contributed by atoms with Gasteiger partial charge < -0.3 is 10.0 Å². The molecule has 2 heterocycles. The SMILES string of the molecule is CN(CCc1ccncc1)Cc1cccc(-c2nc(C(=O)O)cs2)c1. The van der Waals surface area contributed by atoms with Crippen molar-refractivity contribution in [3.05, 3.63) is 71.0 Å². The van der Waals surface area contributed by atoms with Crippen molar-refractivity contribution in [2.45, 2.75) is 13.0 Å². The van der Waals surface area contributed by atoms with E-state index in [4.69, 9.17) is 5.11 Å². The van der Waals surface area contributed by atoms with E-state index in [9.17, 15) is 4.79 Å². The van der Waals surface area contributed by atoms with Gasteiger partial charge in [-0.3, -0.25) is 4.98 Å². The molecular weight excluding hydrogens is 334 g/mol. The van der Waals surface area contributed by atoms with Crippen molar-refractivity contribution in [2.24, 2.45) is 0 Å². The number of aromatic nitrogens is 2. The summed E-state index contributed by atoms with van der Waals surface area (Å²) >= 11 is 1.35. The van der Waals surface area contributed by atoms with Crippen LogP contribution in [0.3, 0.4) is 0 Å². The van der Waals surface area contributed by atoms with Gasteiger partial charge in [0, 0.05) is 36.4 Å².